The number of carbonyl (C=O) groups excluding carboxylic acids is 1. The number of thioether (sulfide) groups is 1. The van der Waals surface area contributed by atoms with Gasteiger partial charge in [-0.05, 0) is 53.4 Å². The van der Waals surface area contributed by atoms with Crippen molar-refractivity contribution in [3.05, 3.63) is 62.5 Å². The molecule has 8 heteroatoms. The maximum atomic E-state index is 12.8. The third-order valence-electron chi connectivity index (χ3n) is 4.91. The molecule has 0 spiro atoms. The van der Waals surface area contributed by atoms with Gasteiger partial charge in [0.05, 0.1) is 22.6 Å². The van der Waals surface area contributed by atoms with Crippen LogP contribution < -0.4 is 0 Å². The van der Waals surface area contributed by atoms with Crippen LogP contribution in [0.15, 0.2) is 51.4 Å². The number of hydrogen-bond acceptors (Lipinski definition) is 5. The van der Waals surface area contributed by atoms with E-state index in [1.165, 1.54) is 35.0 Å². The molecule has 1 aromatic carbocycles. The van der Waals surface area contributed by atoms with Crippen LogP contribution in [0.2, 0.25) is 0 Å². The molecule has 0 unspecified atom stereocenters. The van der Waals surface area contributed by atoms with Crippen LogP contribution in [-0.2, 0) is 17.9 Å². The fourth-order valence-corrected chi connectivity index (χ4v) is 5.53. The molecule has 0 bridgehead atoms. The zero-order valence-corrected chi connectivity index (χ0v) is 19.5. The van der Waals surface area contributed by atoms with Crippen LogP contribution in [0.1, 0.15) is 41.9 Å². The highest BCUT2D eigenvalue weighted by Gasteiger charge is 2.30. The molecule has 0 aliphatic heterocycles. The minimum absolute atomic E-state index is 0.129. The highest BCUT2D eigenvalue weighted by atomic mass is 79.9. The lowest BCUT2D eigenvalue weighted by atomic mass is 10.2. The summed E-state index contributed by atoms with van der Waals surface area (Å²) < 4.78 is 3.28. The SMILES string of the molecule is CCN(Cc1ccc(Br)s1)C(=O)CSc1nnc(C2CC2)n1Cc1ccccc1. The van der Waals surface area contributed by atoms with Crippen molar-refractivity contribution in [2.45, 2.75) is 43.9 Å². The Labute approximate surface area is 187 Å². The van der Waals surface area contributed by atoms with Crippen LogP contribution in [-0.4, -0.2) is 37.9 Å². The van der Waals surface area contributed by atoms with E-state index in [0.717, 1.165) is 21.3 Å². The van der Waals surface area contributed by atoms with E-state index in [1.807, 2.05) is 24.0 Å². The van der Waals surface area contributed by atoms with Gasteiger partial charge in [-0.2, -0.15) is 0 Å². The Morgan fingerprint density at radius 1 is 1.24 bits per heavy atom. The van der Waals surface area contributed by atoms with Crippen LogP contribution >= 0.6 is 39.0 Å². The van der Waals surface area contributed by atoms with Crippen molar-refractivity contribution in [1.82, 2.24) is 19.7 Å². The molecular weight excluding hydrogens is 468 g/mol. The van der Waals surface area contributed by atoms with Gasteiger partial charge in [0.2, 0.25) is 5.91 Å². The number of amides is 1. The molecule has 2 heterocycles. The molecule has 2 aromatic heterocycles. The van der Waals surface area contributed by atoms with Crippen LogP contribution in [0.4, 0.5) is 0 Å². The third-order valence-corrected chi connectivity index (χ3v) is 7.47. The summed E-state index contributed by atoms with van der Waals surface area (Å²) in [6.07, 6.45) is 2.35. The average molecular weight is 491 g/mol. The smallest absolute Gasteiger partial charge is 0.233 e. The number of carbonyl (C=O) groups is 1. The number of hydrogen-bond donors (Lipinski definition) is 0. The molecule has 3 aromatic rings. The van der Waals surface area contributed by atoms with Gasteiger partial charge >= 0.3 is 0 Å². The van der Waals surface area contributed by atoms with Gasteiger partial charge in [0.15, 0.2) is 5.16 Å². The summed E-state index contributed by atoms with van der Waals surface area (Å²) in [7, 11) is 0. The van der Waals surface area contributed by atoms with Gasteiger partial charge in [-0.1, -0.05) is 42.1 Å². The zero-order valence-electron chi connectivity index (χ0n) is 16.3. The van der Waals surface area contributed by atoms with Crippen molar-refractivity contribution in [2.24, 2.45) is 0 Å². The Kier molecular flexibility index (Phi) is 6.72. The Balaban J connectivity index is 1.44. The molecule has 5 nitrogen and oxygen atoms in total. The van der Waals surface area contributed by atoms with E-state index in [-0.39, 0.29) is 5.91 Å². The van der Waals surface area contributed by atoms with E-state index in [1.54, 1.807) is 11.3 Å². The molecular formula is C21H23BrN4OS2. The maximum absolute atomic E-state index is 12.8. The molecule has 0 saturated heterocycles. The summed E-state index contributed by atoms with van der Waals surface area (Å²) in [4.78, 5) is 15.9. The molecule has 0 radical (unpaired) electrons. The third kappa shape index (κ3) is 5.29. The summed E-state index contributed by atoms with van der Waals surface area (Å²) >= 11 is 6.65. The standard InChI is InChI=1S/C21H23BrN4OS2/c1-2-25(13-17-10-11-18(22)29-17)19(27)14-28-21-24-23-20(16-8-9-16)26(21)12-15-6-4-3-5-7-15/h3-7,10-11,16H,2,8-9,12-14H2,1H3. The van der Waals surface area contributed by atoms with Crippen molar-refractivity contribution in [2.75, 3.05) is 12.3 Å². The topological polar surface area (TPSA) is 51.0 Å². The Bertz CT molecular complexity index is 968. The van der Waals surface area contributed by atoms with Gasteiger partial charge in [-0.15, -0.1) is 21.5 Å². The molecule has 1 saturated carbocycles. The van der Waals surface area contributed by atoms with Crippen LogP contribution in [0, 0.1) is 0 Å². The second-order valence-electron chi connectivity index (χ2n) is 7.09. The van der Waals surface area contributed by atoms with E-state index >= 15 is 0 Å². The van der Waals surface area contributed by atoms with Gasteiger partial charge in [0, 0.05) is 17.3 Å². The number of nitrogens with zero attached hydrogens (tertiary/aromatic N) is 4. The van der Waals surface area contributed by atoms with E-state index in [0.29, 0.717) is 24.8 Å². The van der Waals surface area contributed by atoms with Crippen LogP contribution in [0.25, 0.3) is 0 Å². The summed E-state index contributed by atoms with van der Waals surface area (Å²) in [5, 5.41) is 9.70. The average Bonchev–Trinajstić information content (AvgIpc) is 3.38. The minimum atomic E-state index is 0.129. The van der Waals surface area contributed by atoms with Gasteiger partial charge in [-0.3, -0.25) is 4.79 Å². The van der Waals surface area contributed by atoms with Crippen molar-refractivity contribution in [3.8, 4) is 0 Å². The molecule has 4 rings (SSSR count). The van der Waals surface area contributed by atoms with Crippen LogP contribution in [0.5, 0.6) is 0 Å². The molecule has 0 N–H and O–H groups in total. The Morgan fingerprint density at radius 3 is 2.69 bits per heavy atom. The lowest BCUT2D eigenvalue weighted by Gasteiger charge is -2.20. The van der Waals surface area contributed by atoms with E-state index < -0.39 is 0 Å². The van der Waals surface area contributed by atoms with Crippen molar-refractivity contribution in [1.29, 1.82) is 0 Å². The largest absolute Gasteiger partial charge is 0.337 e. The normalized spacial score (nSPS) is 13.6. The maximum Gasteiger partial charge on any atom is 0.233 e. The first-order valence-electron chi connectivity index (χ1n) is 9.76. The first kappa shape index (κ1) is 20.6. The fraction of sp³-hybridized carbons (Fsp3) is 0.381. The molecule has 0 atom stereocenters. The van der Waals surface area contributed by atoms with E-state index in [2.05, 4.69) is 61.0 Å². The summed E-state index contributed by atoms with van der Waals surface area (Å²) in [5.41, 5.74) is 1.22. The lowest BCUT2D eigenvalue weighted by Crippen LogP contribution is -2.31. The van der Waals surface area contributed by atoms with Crippen LogP contribution in [0.3, 0.4) is 0 Å². The quantitative estimate of drug-likeness (QED) is 0.388. The van der Waals surface area contributed by atoms with E-state index in [4.69, 9.17) is 0 Å². The second-order valence-corrected chi connectivity index (χ2v) is 10.6. The molecule has 1 fully saturated rings. The van der Waals surface area contributed by atoms with Crippen molar-refractivity contribution >= 4 is 44.9 Å². The molecule has 29 heavy (non-hydrogen) atoms. The Hall–Kier alpha value is -1.64. The molecule has 1 aliphatic carbocycles. The van der Waals surface area contributed by atoms with Gasteiger partial charge < -0.3 is 9.47 Å². The first-order valence-corrected chi connectivity index (χ1v) is 12.4. The van der Waals surface area contributed by atoms with Crippen molar-refractivity contribution in [3.63, 3.8) is 0 Å². The second kappa shape index (κ2) is 9.45. The predicted octanol–water partition coefficient (Wildman–Crippen LogP) is 5.17. The number of thiophene rings is 1. The zero-order chi connectivity index (χ0) is 20.2. The number of aromatic nitrogens is 3. The molecule has 1 amide bonds. The van der Waals surface area contributed by atoms with Gasteiger partial charge in [-0.25, -0.2) is 0 Å². The van der Waals surface area contributed by atoms with Gasteiger partial charge in [0.25, 0.3) is 0 Å². The minimum Gasteiger partial charge on any atom is -0.337 e. The number of halogens is 1. The number of rotatable bonds is 9. The monoisotopic (exact) mass is 490 g/mol. The summed E-state index contributed by atoms with van der Waals surface area (Å²) in [5.74, 6) is 2.07. The van der Waals surface area contributed by atoms with E-state index in [9.17, 15) is 4.79 Å². The number of benzene rings is 1. The predicted molar refractivity (Wildman–Crippen MR) is 121 cm³/mol. The highest BCUT2D eigenvalue weighted by molar-refractivity contribution is 9.11. The van der Waals surface area contributed by atoms with Crippen molar-refractivity contribution < 1.29 is 4.79 Å². The highest BCUT2D eigenvalue weighted by Crippen LogP contribution is 2.40. The molecule has 1 aliphatic rings. The summed E-state index contributed by atoms with van der Waals surface area (Å²) in [6.45, 7) is 4.11. The lowest BCUT2D eigenvalue weighted by molar-refractivity contribution is -0.128. The Morgan fingerprint density at radius 2 is 2.03 bits per heavy atom. The molecule has 152 valence electrons. The summed E-state index contributed by atoms with van der Waals surface area (Å²) in [6, 6.07) is 14.5. The van der Waals surface area contributed by atoms with Gasteiger partial charge in [0.1, 0.15) is 5.82 Å². The fourth-order valence-electron chi connectivity index (χ4n) is 3.18. The first-order chi connectivity index (χ1) is 14.1.